The van der Waals surface area contributed by atoms with Crippen LogP contribution in [0, 0.1) is 6.92 Å². The fraction of sp³-hybridized carbons (Fsp3) is 0.429. The van der Waals surface area contributed by atoms with Crippen LogP contribution in [0.1, 0.15) is 31.4 Å². The van der Waals surface area contributed by atoms with E-state index in [-0.39, 0.29) is 0 Å². The number of aromatic nitrogens is 3. The topological polar surface area (TPSA) is 42.7 Å². The molecule has 2 aromatic heterocycles. The molecule has 3 rings (SSSR count). The van der Waals surface area contributed by atoms with Crippen LogP contribution in [0.5, 0.6) is 0 Å². The van der Waals surface area contributed by atoms with Crippen molar-refractivity contribution in [2.45, 2.75) is 38.6 Å². The summed E-state index contributed by atoms with van der Waals surface area (Å²) in [5, 5.41) is 3.54. The van der Waals surface area contributed by atoms with Crippen LogP contribution in [0.4, 0.5) is 5.95 Å². The van der Waals surface area contributed by atoms with Gasteiger partial charge in [0.25, 0.3) is 0 Å². The molecule has 0 amide bonds. The lowest BCUT2D eigenvalue weighted by Gasteiger charge is -2.15. The number of hydrogen-bond donors (Lipinski definition) is 1. The van der Waals surface area contributed by atoms with Crippen LogP contribution in [0.15, 0.2) is 30.7 Å². The largest absolute Gasteiger partial charge is 0.353 e. The number of anilines is 1. The van der Waals surface area contributed by atoms with E-state index in [0.717, 1.165) is 17.3 Å². The lowest BCUT2D eigenvalue weighted by molar-refractivity contribution is 0.740. The summed E-state index contributed by atoms with van der Waals surface area (Å²) in [6.45, 7) is 2.02. The van der Waals surface area contributed by atoms with Crippen molar-refractivity contribution in [1.29, 1.82) is 0 Å². The molecule has 2 aromatic rings. The Kier molecular flexibility index (Phi) is 3.00. The third-order valence-electron chi connectivity index (χ3n) is 3.57. The lowest BCUT2D eigenvalue weighted by Crippen LogP contribution is -2.18. The third kappa shape index (κ3) is 2.10. The van der Waals surface area contributed by atoms with E-state index in [1.807, 2.05) is 31.6 Å². The summed E-state index contributed by atoms with van der Waals surface area (Å²) >= 11 is 0. The van der Waals surface area contributed by atoms with E-state index in [1.165, 1.54) is 25.7 Å². The number of nitrogens with zero attached hydrogens (tertiary/aromatic N) is 3. The van der Waals surface area contributed by atoms with Gasteiger partial charge in [-0.1, -0.05) is 12.8 Å². The second kappa shape index (κ2) is 4.80. The molecule has 4 nitrogen and oxygen atoms in total. The molecular formula is C14H18N4. The van der Waals surface area contributed by atoms with E-state index in [1.54, 1.807) is 0 Å². The molecule has 0 saturated heterocycles. The van der Waals surface area contributed by atoms with E-state index in [0.29, 0.717) is 6.04 Å². The highest BCUT2D eigenvalue weighted by Crippen LogP contribution is 2.23. The lowest BCUT2D eigenvalue weighted by atomic mass is 10.2. The highest BCUT2D eigenvalue weighted by atomic mass is 15.2. The van der Waals surface area contributed by atoms with Gasteiger partial charge < -0.3 is 5.32 Å². The molecule has 0 atom stereocenters. The van der Waals surface area contributed by atoms with Crippen LogP contribution in [0.25, 0.3) is 5.69 Å². The average Bonchev–Trinajstić information content (AvgIpc) is 3.02. The Hall–Kier alpha value is -1.84. The Bertz CT molecular complexity index is 526. The van der Waals surface area contributed by atoms with Crippen molar-refractivity contribution in [1.82, 2.24) is 14.5 Å². The molecule has 0 radical (unpaired) electrons. The van der Waals surface area contributed by atoms with E-state index < -0.39 is 0 Å². The van der Waals surface area contributed by atoms with Crippen molar-refractivity contribution in [3.05, 3.63) is 36.4 Å². The molecule has 94 valence electrons. The molecule has 0 unspecified atom stereocenters. The highest BCUT2D eigenvalue weighted by molar-refractivity contribution is 5.44. The summed E-state index contributed by atoms with van der Waals surface area (Å²) in [5.74, 6) is 0.929. The molecule has 0 aliphatic heterocycles. The van der Waals surface area contributed by atoms with E-state index in [2.05, 4.69) is 25.9 Å². The molecule has 1 fully saturated rings. The fourth-order valence-electron chi connectivity index (χ4n) is 2.59. The van der Waals surface area contributed by atoms with Crippen LogP contribution in [-0.2, 0) is 0 Å². The molecule has 2 heterocycles. The van der Waals surface area contributed by atoms with Gasteiger partial charge in [0, 0.05) is 24.6 Å². The van der Waals surface area contributed by atoms with Crippen LogP contribution in [-0.4, -0.2) is 20.6 Å². The minimum atomic E-state index is 0.572. The number of rotatable bonds is 3. The zero-order valence-electron chi connectivity index (χ0n) is 10.6. The normalized spacial score (nSPS) is 16.1. The first-order valence-corrected chi connectivity index (χ1v) is 6.56. The predicted octanol–water partition coefficient (Wildman–Crippen LogP) is 2.93. The van der Waals surface area contributed by atoms with Crippen LogP contribution in [0.3, 0.4) is 0 Å². The minimum absolute atomic E-state index is 0.572. The summed E-state index contributed by atoms with van der Waals surface area (Å²) in [6, 6.07) is 4.61. The van der Waals surface area contributed by atoms with Gasteiger partial charge in [-0.25, -0.2) is 4.98 Å². The van der Waals surface area contributed by atoms with Crippen molar-refractivity contribution in [3.8, 4) is 5.69 Å². The monoisotopic (exact) mass is 242 g/mol. The molecule has 1 saturated carbocycles. The number of pyridine rings is 1. The first kappa shape index (κ1) is 11.3. The molecular weight excluding hydrogens is 224 g/mol. The van der Waals surface area contributed by atoms with Crippen LogP contribution in [0.2, 0.25) is 0 Å². The molecule has 4 heteroatoms. The number of imidazole rings is 1. The Morgan fingerprint density at radius 3 is 2.83 bits per heavy atom. The first-order chi connectivity index (χ1) is 8.84. The van der Waals surface area contributed by atoms with Gasteiger partial charge in [-0.2, -0.15) is 0 Å². The second-order valence-corrected chi connectivity index (χ2v) is 4.85. The molecule has 0 spiro atoms. The van der Waals surface area contributed by atoms with Crippen LogP contribution < -0.4 is 5.32 Å². The van der Waals surface area contributed by atoms with E-state index in [9.17, 15) is 0 Å². The van der Waals surface area contributed by atoms with Gasteiger partial charge in [-0.05, 0) is 31.9 Å². The van der Waals surface area contributed by atoms with Gasteiger partial charge in [-0.15, -0.1) is 0 Å². The Morgan fingerprint density at radius 2 is 2.06 bits per heavy atom. The number of aryl methyl sites for hydroxylation is 1. The summed E-state index contributed by atoms with van der Waals surface area (Å²) in [4.78, 5) is 8.75. The van der Waals surface area contributed by atoms with Crippen molar-refractivity contribution in [2.24, 2.45) is 0 Å². The van der Waals surface area contributed by atoms with Gasteiger partial charge >= 0.3 is 0 Å². The molecule has 18 heavy (non-hydrogen) atoms. The molecule has 1 aliphatic carbocycles. The predicted molar refractivity (Wildman–Crippen MR) is 72.0 cm³/mol. The minimum Gasteiger partial charge on any atom is -0.353 e. The van der Waals surface area contributed by atoms with Crippen molar-refractivity contribution >= 4 is 5.95 Å². The summed E-state index contributed by atoms with van der Waals surface area (Å²) in [6.07, 6.45) is 10.8. The van der Waals surface area contributed by atoms with Crippen molar-refractivity contribution < 1.29 is 0 Å². The summed E-state index contributed by atoms with van der Waals surface area (Å²) < 4.78 is 2.08. The van der Waals surface area contributed by atoms with Gasteiger partial charge in [0.05, 0.1) is 11.4 Å². The summed E-state index contributed by atoms with van der Waals surface area (Å²) in [7, 11) is 0. The quantitative estimate of drug-likeness (QED) is 0.899. The maximum absolute atomic E-state index is 4.42. The maximum Gasteiger partial charge on any atom is 0.207 e. The smallest absolute Gasteiger partial charge is 0.207 e. The van der Waals surface area contributed by atoms with Gasteiger partial charge in [0.2, 0.25) is 5.95 Å². The molecule has 0 aromatic carbocycles. The zero-order chi connectivity index (χ0) is 12.4. The maximum atomic E-state index is 4.42. The van der Waals surface area contributed by atoms with Gasteiger partial charge in [0.15, 0.2) is 0 Å². The SMILES string of the molecule is Cc1ncccc1-n1ccnc1NC1CCCC1. The standard InChI is InChI=1S/C14H18N4/c1-11-13(7-4-8-15-11)18-10-9-16-14(18)17-12-5-2-3-6-12/h4,7-10,12H,2-3,5-6H2,1H3,(H,16,17). The summed E-state index contributed by atoms with van der Waals surface area (Å²) in [5.41, 5.74) is 2.11. The van der Waals surface area contributed by atoms with Gasteiger partial charge in [-0.3, -0.25) is 9.55 Å². The third-order valence-corrected chi connectivity index (χ3v) is 3.57. The number of nitrogens with one attached hydrogen (secondary N) is 1. The Balaban J connectivity index is 1.89. The highest BCUT2D eigenvalue weighted by Gasteiger charge is 2.17. The second-order valence-electron chi connectivity index (χ2n) is 4.85. The average molecular weight is 242 g/mol. The first-order valence-electron chi connectivity index (χ1n) is 6.56. The van der Waals surface area contributed by atoms with Crippen molar-refractivity contribution in [3.63, 3.8) is 0 Å². The number of hydrogen-bond acceptors (Lipinski definition) is 3. The Labute approximate surface area is 107 Å². The molecule has 1 aliphatic rings. The van der Waals surface area contributed by atoms with Gasteiger partial charge in [0.1, 0.15) is 0 Å². The zero-order valence-corrected chi connectivity index (χ0v) is 10.6. The molecule has 0 bridgehead atoms. The fourth-order valence-corrected chi connectivity index (χ4v) is 2.59. The van der Waals surface area contributed by atoms with E-state index >= 15 is 0 Å². The van der Waals surface area contributed by atoms with E-state index in [4.69, 9.17) is 0 Å². The van der Waals surface area contributed by atoms with Crippen molar-refractivity contribution in [2.75, 3.05) is 5.32 Å². The molecule has 1 N–H and O–H groups in total. The van der Waals surface area contributed by atoms with Crippen LogP contribution >= 0.6 is 0 Å². The Morgan fingerprint density at radius 1 is 1.22 bits per heavy atom.